The maximum Gasteiger partial charge on any atom is 0.104 e. The standard InChI is InChI=1S/C14H16ClNO/c1-16-10-12(9-14-6-3-7-17-14)11-4-2-5-13(15)8-11/h2-8,12,16H,9-10H2,1H3. The van der Waals surface area contributed by atoms with Crippen molar-refractivity contribution in [3.8, 4) is 0 Å². The smallest absolute Gasteiger partial charge is 0.104 e. The van der Waals surface area contributed by atoms with Crippen molar-refractivity contribution in [2.75, 3.05) is 13.6 Å². The van der Waals surface area contributed by atoms with Crippen molar-refractivity contribution < 1.29 is 4.42 Å². The molecule has 0 radical (unpaired) electrons. The normalized spacial score (nSPS) is 12.6. The Labute approximate surface area is 107 Å². The maximum absolute atomic E-state index is 6.03. The van der Waals surface area contributed by atoms with E-state index in [-0.39, 0.29) is 0 Å². The van der Waals surface area contributed by atoms with Gasteiger partial charge in [-0.05, 0) is 36.9 Å². The lowest BCUT2D eigenvalue weighted by atomic mass is 9.94. The number of benzene rings is 1. The molecule has 1 aromatic heterocycles. The van der Waals surface area contributed by atoms with E-state index in [9.17, 15) is 0 Å². The van der Waals surface area contributed by atoms with Crippen molar-refractivity contribution in [1.29, 1.82) is 0 Å². The second-order valence-corrected chi connectivity index (χ2v) is 4.53. The van der Waals surface area contributed by atoms with Crippen molar-refractivity contribution in [2.24, 2.45) is 0 Å². The summed E-state index contributed by atoms with van der Waals surface area (Å²) in [6, 6.07) is 11.9. The Morgan fingerprint density at radius 2 is 2.18 bits per heavy atom. The molecule has 1 aromatic carbocycles. The Bertz CT molecular complexity index is 453. The first-order valence-corrected chi connectivity index (χ1v) is 6.10. The predicted octanol–water partition coefficient (Wildman–Crippen LogP) is 3.48. The van der Waals surface area contributed by atoms with Crippen LogP contribution in [0.5, 0.6) is 0 Å². The van der Waals surface area contributed by atoms with E-state index in [0.717, 1.165) is 23.7 Å². The maximum atomic E-state index is 6.03. The molecule has 0 aliphatic rings. The lowest BCUT2D eigenvalue weighted by Gasteiger charge is -2.16. The monoisotopic (exact) mass is 249 g/mol. The molecule has 1 atom stereocenters. The van der Waals surface area contributed by atoms with Crippen LogP contribution in [0.15, 0.2) is 47.1 Å². The van der Waals surface area contributed by atoms with Gasteiger partial charge in [0.25, 0.3) is 0 Å². The zero-order valence-corrected chi connectivity index (χ0v) is 10.6. The predicted molar refractivity (Wildman–Crippen MR) is 70.5 cm³/mol. The Balaban J connectivity index is 2.16. The van der Waals surface area contributed by atoms with E-state index < -0.39 is 0 Å². The lowest BCUT2D eigenvalue weighted by molar-refractivity contribution is 0.479. The van der Waals surface area contributed by atoms with E-state index in [0.29, 0.717) is 5.92 Å². The molecule has 0 aliphatic heterocycles. The molecule has 1 heterocycles. The van der Waals surface area contributed by atoms with Gasteiger partial charge in [-0.25, -0.2) is 0 Å². The van der Waals surface area contributed by atoms with Gasteiger partial charge in [0.15, 0.2) is 0 Å². The summed E-state index contributed by atoms with van der Waals surface area (Å²) >= 11 is 6.03. The molecule has 0 fully saturated rings. The Kier molecular flexibility index (Phi) is 4.24. The highest BCUT2D eigenvalue weighted by molar-refractivity contribution is 6.30. The van der Waals surface area contributed by atoms with Crippen LogP contribution in [-0.2, 0) is 6.42 Å². The third-order valence-corrected chi connectivity index (χ3v) is 3.03. The first-order valence-electron chi connectivity index (χ1n) is 5.72. The average Bonchev–Trinajstić information content (AvgIpc) is 2.81. The number of halogens is 1. The van der Waals surface area contributed by atoms with Crippen LogP contribution in [0.25, 0.3) is 0 Å². The first kappa shape index (κ1) is 12.2. The van der Waals surface area contributed by atoms with Gasteiger partial charge in [0.2, 0.25) is 0 Å². The Morgan fingerprint density at radius 3 is 2.82 bits per heavy atom. The van der Waals surface area contributed by atoms with Gasteiger partial charge in [-0.15, -0.1) is 0 Å². The number of likely N-dealkylation sites (N-methyl/N-ethyl adjacent to an activating group) is 1. The fraction of sp³-hybridized carbons (Fsp3) is 0.286. The van der Waals surface area contributed by atoms with E-state index >= 15 is 0 Å². The van der Waals surface area contributed by atoms with Crippen LogP contribution < -0.4 is 5.32 Å². The van der Waals surface area contributed by atoms with Crippen molar-refractivity contribution in [1.82, 2.24) is 5.32 Å². The van der Waals surface area contributed by atoms with E-state index in [1.165, 1.54) is 5.56 Å². The van der Waals surface area contributed by atoms with E-state index in [1.54, 1.807) is 6.26 Å². The Morgan fingerprint density at radius 1 is 1.29 bits per heavy atom. The average molecular weight is 250 g/mol. The van der Waals surface area contributed by atoms with Gasteiger partial charge in [-0.3, -0.25) is 0 Å². The van der Waals surface area contributed by atoms with Gasteiger partial charge in [0.1, 0.15) is 5.76 Å². The molecule has 0 bridgehead atoms. The molecule has 2 rings (SSSR count). The van der Waals surface area contributed by atoms with Gasteiger partial charge in [0, 0.05) is 23.9 Å². The molecule has 0 saturated carbocycles. The molecule has 1 N–H and O–H groups in total. The molecule has 1 unspecified atom stereocenters. The summed E-state index contributed by atoms with van der Waals surface area (Å²) in [5, 5.41) is 3.99. The largest absolute Gasteiger partial charge is 0.469 e. The van der Waals surface area contributed by atoms with Crippen LogP contribution >= 0.6 is 11.6 Å². The summed E-state index contributed by atoms with van der Waals surface area (Å²) < 4.78 is 5.40. The van der Waals surface area contributed by atoms with E-state index in [4.69, 9.17) is 16.0 Å². The number of hydrogen-bond acceptors (Lipinski definition) is 2. The fourth-order valence-electron chi connectivity index (χ4n) is 1.99. The molecule has 3 heteroatoms. The zero-order valence-electron chi connectivity index (χ0n) is 9.82. The molecule has 0 spiro atoms. The minimum Gasteiger partial charge on any atom is -0.469 e. The molecule has 0 saturated heterocycles. The molecule has 2 aromatic rings. The minimum atomic E-state index is 0.379. The zero-order chi connectivity index (χ0) is 12.1. The highest BCUT2D eigenvalue weighted by atomic mass is 35.5. The van der Waals surface area contributed by atoms with Crippen LogP contribution in [-0.4, -0.2) is 13.6 Å². The van der Waals surface area contributed by atoms with Gasteiger partial charge < -0.3 is 9.73 Å². The van der Waals surface area contributed by atoms with Crippen molar-refractivity contribution in [2.45, 2.75) is 12.3 Å². The summed E-state index contributed by atoms with van der Waals surface area (Å²) in [4.78, 5) is 0. The quantitative estimate of drug-likeness (QED) is 0.878. The highest BCUT2D eigenvalue weighted by Crippen LogP contribution is 2.23. The summed E-state index contributed by atoms with van der Waals surface area (Å²) in [5.41, 5.74) is 1.24. The minimum absolute atomic E-state index is 0.379. The number of nitrogens with one attached hydrogen (secondary N) is 1. The SMILES string of the molecule is CNCC(Cc1ccco1)c1cccc(Cl)c1. The molecule has 2 nitrogen and oxygen atoms in total. The highest BCUT2D eigenvalue weighted by Gasteiger charge is 2.13. The van der Waals surface area contributed by atoms with Crippen LogP contribution in [0.4, 0.5) is 0 Å². The van der Waals surface area contributed by atoms with Crippen molar-refractivity contribution >= 4 is 11.6 Å². The van der Waals surface area contributed by atoms with Gasteiger partial charge in [-0.2, -0.15) is 0 Å². The molecule has 0 aliphatic carbocycles. The molecule has 0 amide bonds. The van der Waals surface area contributed by atoms with Crippen molar-refractivity contribution in [3.05, 3.63) is 59.0 Å². The third-order valence-electron chi connectivity index (χ3n) is 2.80. The second-order valence-electron chi connectivity index (χ2n) is 4.09. The van der Waals surface area contributed by atoms with Crippen LogP contribution in [0.3, 0.4) is 0 Å². The first-order chi connectivity index (χ1) is 8.29. The summed E-state index contributed by atoms with van der Waals surface area (Å²) in [6.45, 7) is 0.904. The summed E-state index contributed by atoms with van der Waals surface area (Å²) in [7, 11) is 1.96. The third kappa shape index (κ3) is 3.35. The molecule has 90 valence electrons. The van der Waals surface area contributed by atoms with E-state index in [1.807, 2.05) is 37.4 Å². The van der Waals surface area contributed by atoms with Crippen LogP contribution in [0.2, 0.25) is 5.02 Å². The molecular formula is C14H16ClNO. The van der Waals surface area contributed by atoms with Gasteiger partial charge in [0.05, 0.1) is 6.26 Å². The number of furan rings is 1. The topological polar surface area (TPSA) is 25.2 Å². The lowest BCUT2D eigenvalue weighted by Crippen LogP contribution is -2.19. The van der Waals surface area contributed by atoms with Crippen LogP contribution in [0.1, 0.15) is 17.2 Å². The van der Waals surface area contributed by atoms with E-state index in [2.05, 4.69) is 11.4 Å². The number of rotatable bonds is 5. The van der Waals surface area contributed by atoms with Crippen LogP contribution in [0, 0.1) is 0 Å². The summed E-state index contributed by atoms with van der Waals surface area (Å²) in [5.74, 6) is 1.38. The number of hydrogen-bond donors (Lipinski definition) is 1. The Hall–Kier alpha value is -1.25. The molecular weight excluding hydrogens is 234 g/mol. The van der Waals surface area contributed by atoms with Gasteiger partial charge in [-0.1, -0.05) is 23.7 Å². The van der Waals surface area contributed by atoms with Crippen molar-refractivity contribution in [3.63, 3.8) is 0 Å². The fourth-order valence-corrected chi connectivity index (χ4v) is 2.19. The summed E-state index contributed by atoms with van der Waals surface area (Å²) in [6.07, 6.45) is 2.60. The van der Waals surface area contributed by atoms with Gasteiger partial charge >= 0.3 is 0 Å². The second kappa shape index (κ2) is 5.89. The molecule has 17 heavy (non-hydrogen) atoms.